The zero-order chi connectivity index (χ0) is 44.2. The van der Waals surface area contributed by atoms with Gasteiger partial charge in [0.05, 0.1) is 17.0 Å². The molecule has 0 spiro atoms. The lowest BCUT2D eigenvalue weighted by molar-refractivity contribution is 0.332. The summed E-state index contributed by atoms with van der Waals surface area (Å²) in [5.41, 5.74) is 23.1. The van der Waals surface area contributed by atoms with Gasteiger partial charge in [-0.25, -0.2) is 0 Å². The number of para-hydroxylation sites is 1. The van der Waals surface area contributed by atoms with Crippen molar-refractivity contribution < 1.29 is 4.42 Å². The molecule has 318 valence electrons. The molecule has 7 aromatic rings. The van der Waals surface area contributed by atoms with E-state index >= 15 is 0 Å². The van der Waals surface area contributed by atoms with E-state index in [4.69, 9.17) is 4.42 Å². The van der Waals surface area contributed by atoms with Crippen LogP contribution in [0.15, 0.2) is 120 Å². The van der Waals surface area contributed by atoms with E-state index in [0.717, 1.165) is 40.8 Å². The van der Waals surface area contributed by atoms with E-state index in [1.807, 2.05) is 0 Å². The molecule has 6 aromatic carbocycles. The molecule has 0 atom stereocenters. The number of furan rings is 1. The van der Waals surface area contributed by atoms with Gasteiger partial charge in [-0.1, -0.05) is 137 Å². The van der Waals surface area contributed by atoms with E-state index in [2.05, 4.69) is 208 Å². The molecule has 2 aliphatic heterocycles. The topological polar surface area (TPSA) is 19.6 Å². The van der Waals surface area contributed by atoms with E-state index in [0.29, 0.717) is 0 Å². The third-order valence-corrected chi connectivity index (χ3v) is 16.0. The van der Waals surface area contributed by atoms with Gasteiger partial charge < -0.3 is 14.2 Å². The highest BCUT2D eigenvalue weighted by molar-refractivity contribution is 7.00. The number of fused-ring (bicyclic) bond motifs is 8. The molecule has 0 saturated carbocycles. The Bertz CT molecular complexity index is 3030. The second-order valence-electron chi connectivity index (χ2n) is 23.2. The predicted molar refractivity (Wildman–Crippen MR) is 270 cm³/mol. The molecule has 2 aliphatic carbocycles. The first-order valence-corrected chi connectivity index (χ1v) is 23.6. The zero-order valence-corrected chi connectivity index (χ0v) is 39.7. The number of anilines is 6. The van der Waals surface area contributed by atoms with E-state index in [9.17, 15) is 0 Å². The van der Waals surface area contributed by atoms with Crippen LogP contribution < -0.4 is 26.4 Å². The van der Waals surface area contributed by atoms with Crippen LogP contribution in [-0.2, 0) is 27.1 Å². The highest BCUT2D eigenvalue weighted by atomic mass is 16.3. The molecule has 3 nitrogen and oxygen atoms in total. The fourth-order valence-corrected chi connectivity index (χ4v) is 11.9. The third-order valence-electron chi connectivity index (χ3n) is 16.0. The Morgan fingerprint density at radius 3 is 1.79 bits per heavy atom. The van der Waals surface area contributed by atoms with E-state index < -0.39 is 0 Å². The minimum atomic E-state index is -0.103. The van der Waals surface area contributed by atoms with Crippen molar-refractivity contribution in [3.8, 4) is 11.1 Å². The molecule has 0 N–H and O–H groups in total. The number of aryl methyl sites for hydroxylation is 1. The fourth-order valence-electron chi connectivity index (χ4n) is 11.9. The maximum absolute atomic E-state index is 7.34. The van der Waals surface area contributed by atoms with Gasteiger partial charge in [-0.3, -0.25) is 0 Å². The van der Waals surface area contributed by atoms with Gasteiger partial charge in [0.15, 0.2) is 0 Å². The predicted octanol–water partition coefficient (Wildman–Crippen LogP) is 14.5. The summed E-state index contributed by atoms with van der Waals surface area (Å²) in [6.45, 7) is 28.8. The molecule has 4 aliphatic rings. The van der Waals surface area contributed by atoms with Crippen LogP contribution in [0.2, 0.25) is 0 Å². The molecule has 1 aromatic heterocycles. The minimum Gasteiger partial charge on any atom is -0.468 e. The smallest absolute Gasteiger partial charge is 0.297 e. The van der Waals surface area contributed by atoms with E-state index in [1.165, 1.54) is 91.0 Å². The lowest BCUT2D eigenvalue weighted by Gasteiger charge is -2.47. The minimum absolute atomic E-state index is 0.0185. The van der Waals surface area contributed by atoms with E-state index in [-0.39, 0.29) is 33.8 Å². The third kappa shape index (κ3) is 5.99. The highest BCUT2D eigenvalue weighted by Gasteiger charge is 2.49. The van der Waals surface area contributed by atoms with Crippen molar-refractivity contribution >= 4 is 68.4 Å². The lowest BCUT2D eigenvalue weighted by Crippen LogP contribution is -2.61. The van der Waals surface area contributed by atoms with Gasteiger partial charge in [-0.05, 0) is 164 Å². The van der Waals surface area contributed by atoms with Crippen molar-refractivity contribution in [1.29, 1.82) is 0 Å². The molecule has 4 heteroatoms. The van der Waals surface area contributed by atoms with Crippen LogP contribution in [0.5, 0.6) is 0 Å². The molecule has 0 bridgehead atoms. The second-order valence-corrected chi connectivity index (χ2v) is 23.2. The van der Waals surface area contributed by atoms with Crippen LogP contribution in [0, 0.1) is 6.92 Å². The average Bonchev–Trinajstić information content (AvgIpc) is 3.62. The Morgan fingerprint density at radius 2 is 1.13 bits per heavy atom. The largest absolute Gasteiger partial charge is 0.468 e. The van der Waals surface area contributed by atoms with Gasteiger partial charge in [0.25, 0.3) is 6.71 Å². The molecule has 0 unspecified atom stereocenters. The van der Waals surface area contributed by atoms with Crippen molar-refractivity contribution in [2.24, 2.45) is 0 Å². The molecule has 3 heterocycles. The number of hydrogen-bond donors (Lipinski definition) is 0. The van der Waals surface area contributed by atoms with Crippen LogP contribution in [-0.4, -0.2) is 6.71 Å². The number of rotatable bonds is 3. The Kier molecular flexibility index (Phi) is 8.50. The van der Waals surface area contributed by atoms with Crippen molar-refractivity contribution in [1.82, 2.24) is 0 Å². The Balaban J connectivity index is 1.27. The van der Waals surface area contributed by atoms with Gasteiger partial charge in [-0.2, -0.15) is 0 Å². The monoisotopic (exact) mass is 827 g/mol. The molecule has 0 saturated heterocycles. The Labute approximate surface area is 376 Å². The first kappa shape index (κ1) is 40.3. The number of hydrogen-bond acceptors (Lipinski definition) is 3. The van der Waals surface area contributed by atoms with Gasteiger partial charge in [-0.15, -0.1) is 0 Å². The van der Waals surface area contributed by atoms with Gasteiger partial charge in [0, 0.05) is 33.7 Å². The standard InChI is InChI=1S/C59H63BN2O/c1-36-30-49-52-50(31-36)62(47-25-22-38(55(2,3)4)32-41(47)37-18-14-13-15-19-37)53-40-20-16-17-21-51(40)63-54(53)60(52)46-34-44-45(59(11,12)29-28-58(44,9)10)35-48(46)61(49)39-23-24-42-43(33-39)57(7,8)27-26-56(42,5)6/h13-25,30-35H,26-29H2,1-12H3. The lowest BCUT2D eigenvalue weighted by atomic mass is 9.35. The summed E-state index contributed by atoms with van der Waals surface area (Å²) in [6.07, 6.45) is 4.69. The molecular formula is C59H63BN2O. The first-order valence-electron chi connectivity index (χ1n) is 23.6. The summed E-state index contributed by atoms with van der Waals surface area (Å²) in [4.78, 5) is 5.23. The number of benzene rings is 6. The second kappa shape index (κ2) is 13.3. The summed E-state index contributed by atoms with van der Waals surface area (Å²) < 4.78 is 7.34. The van der Waals surface area contributed by atoms with E-state index in [1.54, 1.807) is 0 Å². The maximum Gasteiger partial charge on any atom is 0.297 e. The summed E-state index contributed by atoms with van der Waals surface area (Å²) in [6, 6.07) is 44.5. The van der Waals surface area contributed by atoms with Gasteiger partial charge in [0.1, 0.15) is 5.58 Å². The fraction of sp³-hybridized carbons (Fsp3) is 0.356. The summed E-state index contributed by atoms with van der Waals surface area (Å²) in [7, 11) is 0. The molecule has 11 rings (SSSR count). The Morgan fingerprint density at radius 1 is 0.540 bits per heavy atom. The molecule has 0 fully saturated rings. The first-order chi connectivity index (χ1) is 29.7. The van der Waals surface area contributed by atoms with Crippen molar-refractivity contribution in [2.45, 2.75) is 136 Å². The zero-order valence-electron chi connectivity index (χ0n) is 39.7. The van der Waals surface area contributed by atoms with Crippen molar-refractivity contribution in [3.63, 3.8) is 0 Å². The van der Waals surface area contributed by atoms with Crippen LogP contribution >= 0.6 is 0 Å². The summed E-state index contributed by atoms with van der Waals surface area (Å²) in [5, 5.41) is 1.14. The normalized spacial score (nSPS) is 18.6. The maximum atomic E-state index is 7.34. The highest BCUT2D eigenvalue weighted by Crippen LogP contribution is 2.54. The van der Waals surface area contributed by atoms with Crippen LogP contribution in [0.3, 0.4) is 0 Å². The summed E-state index contributed by atoms with van der Waals surface area (Å²) in [5.74, 6) is 0. The van der Waals surface area contributed by atoms with Crippen molar-refractivity contribution in [2.75, 3.05) is 9.80 Å². The number of nitrogens with zero attached hydrogens (tertiary/aromatic N) is 2. The average molecular weight is 827 g/mol. The van der Waals surface area contributed by atoms with Crippen LogP contribution in [0.4, 0.5) is 34.1 Å². The van der Waals surface area contributed by atoms with Crippen LogP contribution in [0.1, 0.15) is 135 Å². The molecule has 63 heavy (non-hydrogen) atoms. The quantitative estimate of drug-likeness (QED) is 0.165. The SMILES string of the molecule is Cc1cc2c3c(c1)N(c1ccc(C(C)(C)C)cc1-c1ccccc1)c1c(oc4ccccc14)B3c1cc3c(cc1N2c1ccc2c(c1)C(C)(C)CCC2(C)C)C(C)(C)CCC3(C)C. The van der Waals surface area contributed by atoms with Crippen molar-refractivity contribution in [3.05, 3.63) is 149 Å². The Hall–Kier alpha value is -5.48. The van der Waals surface area contributed by atoms with Gasteiger partial charge >= 0.3 is 0 Å². The molecular weight excluding hydrogens is 763 g/mol. The summed E-state index contributed by atoms with van der Waals surface area (Å²) >= 11 is 0. The van der Waals surface area contributed by atoms with Crippen LogP contribution in [0.25, 0.3) is 22.1 Å². The molecule has 0 radical (unpaired) electrons. The van der Waals surface area contributed by atoms with Gasteiger partial charge in [0.2, 0.25) is 0 Å². The molecule has 0 amide bonds.